The van der Waals surface area contributed by atoms with Crippen LogP contribution in [0.25, 0.3) is 0 Å². The Morgan fingerprint density at radius 1 is 1.29 bits per heavy atom. The van der Waals surface area contributed by atoms with Crippen LogP contribution in [0.15, 0.2) is 55.1 Å². The Hall–Kier alpha value is -3.15. The van der Waals surface area contributed by atoms with Gasteiger partial charge in [0, 0.05) is 18.3 Å². The molecule has 0 aromatic heterocycles. The number of hydrogen-bond donors (Lipinski definition) is 1. The van der Waals surface area contributed by atoms with E-state index in [-0.39, 0.29) is 30.7 Å². The molecule has 0 fully saturated rings. The van der Waals surface area contributed by atoms with Crippen LogP contribution in [0.1, 0.15) is 19.4 Å². The molecule has 0 unspecified atom stereocenters. The van der Waals surface area contributed by atoms with Gasteiger partial charge in [-0.15, -0.1) is 6.58 Å². The molecule has 1 heterocycles. The first kappa shape index (κ1) is 19.6. The van der Waals surface area contributed by atoms with Crippen LogP contribution < -0.4 is 15.0 Å². The van der Waals surface area contributed by atoms with E-state index in [2.05, 4.69) is 11.9 Å². The van der Waals surface area contributed by atoms with Gasteiger partial charge >= 0.3 is 0 Å². The van der Waals surface area contributed by atoms with Gasteiger partial charge in [0.2, 0.25) is 11.8 Å². The average Bonchev–Trinajstić information content (AvgIpc) is 2.74. The number of halogens is 1. The molecule has 1 aliphatic rings. The molecule has 5 nitrogen and oxygen atoms in total. The smallest absolute Gasteiger partial charge is 0.236 e. The van der Waals surface area contributed by atoms with Crippen molar-refractivity contribution in [2.45, 2.75) is 20.3 Å². The Morgan fingerprint density at radius 2 is 2.00 bits per heavy atom. The van der Waals surface area contributed by atoms with Crippen LogP contribution in [-0.2, 0) is 16.0 Å². The Morgan fingerprint density at radius 3 is 2.68 bits per heavy atom. The van der Waals surface area contributed by atoms with E-state index < -0.39 is 5.41 Å². The SMILES string of the molecule is C=CCN1C(=O)C(C)(C)COc2cc(NC(=O)Cc3ccc(F)cc3)ccc21. The Kier molecular flexibility index (Phi) is 5.49. The molecule has 0 radical (unpaired) electrons. The topological polar surface area (TPSA) is 58.6 Å². The minimum Gasteiger partial charge on any atom is -0.490 e. The molecule has 0 atom stereocenters. The van der Waals surface area contributed by atoms with Crippen molar-refractivity contribution in [3.63, 3.8) is 0 Å². The number of benzene rings is 2. The van der Waals surface area contributed by atoms with Gasteiger partial charge < -0.3 is 15.0 Å². The van der Waals surface area contributed by atoms with Crippen molar-refractivity contribution in [2.24, 2.45) is 5.41 Å². The monoisotopic (exact) mass is 382 g/mol. The van der Waals surface area contributed by atoms with Crippen LogP contribution in [0.4, 0.5) is 15.8 Å². The second-order valence-corrected chi connectivity index (χ2v) is 7.41. The molecule has 28 heavy (non-hydrogen) atoms. The number of carbonyl (C=O) groups excluding carboxylic acids is 2. The van der Waals surface area contributed by atoms with Crippen molar-refractivity contribution >= 4 is 23.2 Å². The highest BCUT2D eigenvalue weighted by atomic mass is 19.1. The summed E-state index contributed by atoms with van der Waals surface area (Å²) in [5.41, 5.74) is 1.26. The fourth-order valence-corrected chi connectivity index (χ4v) is 3.03. The largest absolute Gasteiger partial charge is 0.490 e. The summed E-state index contributed by atoms with van der Waals surface area (Å²) in [5.74, 6) is -0.0762. The number of ether oxygens (including phenoxy) is 1. The molecule has 1 N–H and O–H groups in total. The molecular weight excluding hydrogens is 359 g/mol. The number of rotatable bonds is 5. The summed E-state index contributed by atoms with van der Waals surface area (Å²) in [6.07, 6.45) is 1.80. The van der Waals surface area contributed by atoms with Crippen molar-refractivity contribution in [3.8, 4) is 5.75 Å². The van der Waals surface area contributed by atoms with Gasteiger partial charge in [-0.25, -0.2) is 4.39 Å². The lowest BCUT2D eigenvalue weighted by atomic mass is 9.93. The van der Waals surface area contributed by atoms with Gasteiger partial charge in [-0.05, 0) is 43.7 Å². The van der Waals surface area contributed by atoms with Gasteiger partial charge in [-0.1, -0.05) is 18.2 Å². The first-order chi connectivity index (χ1) is 13.3. The number of nitrogens with one attached hydrogen (secondary N) is 1. The van der Waals surface area contributed by atoms with E-state index in [4.69, 9.17) is 4.74 Å². The first-order valence-corrected chi connectivity index (χ1v) is 9.04. The Bertz CT molecular complexity index is 906. The van der Waals surface area contributed by atoms with E-state index in [1.807, 2.05) is 13.8 Å². The maximum absolute atomic E-state index is 13.0. The Balaban J connectivity index is 1.79. The average molecular weight is 382 g/mol. The summed E-state index contributed by atoms with van der Waals surface area (Å²) in [7, 11) is 0. The maximum atomic E-state index is 13.0. The fourth-order valence-electron chi connectivity index (χ4n) is 3.03. The summed E-state index contributed by atoms with van der Waals surface area (Å²) in [6, 6.07) is 11.0. The van der Waals surface area contributed by atoms with Crippen LogP contribution >= 0.6 is 0 Å². The molecule has 146 valence electrons. The number of amides is 2. The highest BCUT2D eigenvalue weighted by Gasteiger charge is 2.37. The fraction of sp³-hybridized carbons (Fsp3) is 0.273. The molecule has 1 aliphatic heterocycles. The zero-order chi connectivity index (χ0) is 20.3. The summed E-state index contributed by atoms with van der Waals surface area (Å²) in [5, 5.41) is 2.82. The quantitative estimate of drug-likeness (QED) is 0.797. The zero-order valence-electron chi connectivity index (χ0n) is 16.0. The van der Waals surface area contributed by atoms with E-state index >= 15 is 0 Å². The van der Waals surface area contributed by atoms with Gasteiger partial charge in [0.05, 0.1) is 17.5 Å². The van der Waals surface area contributed by atoms with E-state index in [1.54, 1.807) is 41.3 Å². The highest BCUT2D eigenvalue weighted by Crippen LogP contribution is 2.38. The molecule has 2 aromatic carbocycles. The molecule has 6 heteroatoms. The lowest BCUT2D eigenvalue weighted by Crippen LogP contribution is -2.42. The minimum absolute atomic E-state index is 0.0424. The first-order valence-electron chi connectivity index (χ1n) is 9.04. The molecule has 0 saturated heterocycles. The highest BCUT2D eigenvalue weighted by molar-refractivity contribution is 6.00. The van der Waals surface area contributed by atoms with Crippen LogP contribution in [-0.4, -0.2) is 25.0 Å². The standard InChI is InChI=1S/C22H23FN2O3/c1-4-11-25-18-10-9-17(13-19(18)28-14-22(2,3)21(25)27)24-20(26)12-15-5-7-16(23)8-6-15/h4-10,13H,1,11-12,14H2,2-3H3,(H,24,26). The maximum Gasteiger partial charge on any atom is 0.236 e. The molecule has 2 amide bonds. The summed E-state index contributed by atoms with van der Waals surface area (Å²) < 4.78 is 18.9. The van der Waals surface area contributed by atoms with E-state index in [0.717, 1.165) is 5.56 Å². The number of carbonyl (C=O) groups is 2. The lowest BCUT2D eigenvalue weighted by Gasteiger charge is -2.27. The second-order valence-electron chi connectivity index (χ2n) is 7.41. The van der Waals surface area contributed by atoms with Gasteiger partial charge in [-0.2, -0.15) is 0 Å². The third kappa shape index (κ3) is 4.22. The van der Waals surface area contributed by atoms with Gasteiger partial charge in [0.1, 0.15) is 18.2 Å². The van der Waals surface area contributed by atoms with Gasteiger partial charge in [0.25, 0.3) is 0 Å². The molecule has 0 spiro atoms. The van der Waals surface area contributed by atoms with Crippen molar-refractivity contribution < 1.29 is 18.7 Å². The molecule has 3 rings (SSSR count). The third-order valence-corrected chi connectivity index (χ3v) is 4.54. The Labute approximate surface area is 163 Å². The van der Waals surface area contributed by atoms with Gasteiger partial charge in [-0.3, -0.25) is 9.59 Å². The molecule has 0 saturated carbocycles. The van der Waals surface area contributed by atoms with Crippen molar-refractivity contribution in [1.29, 1.82) is 0 Å². The van der Waals surface area contributed by atoms with Crippen LogP contribution in [0, 0.1) is 11.2 Å². The molecular formula is C22H23FN2O3. The van der Waals surface area contributed by atoms with E-state index in [1.165, 1.54) is 12.1 Å². The normalized spacial score (nSPS) is 15.2. The summed E-state index contributed by atoms with van der Waals surface area (Å²) in [6.45, 7) is 8.01. The molecule has 0 aliphatic carbocycles. The van der Waals surface area contributed by atoms with Crippen LogP contribution in [0.2, 0.25) is 0 Å². The molecule has 2 aromatic rings. The lowest BCUT2D eigenvalue weighted by molar-refractivity contribution is -0.127. The predicted molar refractivity (Wildman–Crippen MR) is 107 cm³/mol. The number of hydrogen-bond acceptors (Lipinski definition) is 3. The summed E-state index contributed by atoms with van der Waals surface area (Å²) in [4.78, 5) is 26.8. The second kappa shape index (κ2) is 7.84. The number of nitrogens with zero attached hydrogens (tertiary/aromatic N) is 1. The van der Waals surface area contributed by atoms with E-state index in [0.29, 0.717) is 23.7 Å². The van der Waals surface area contributed by atoms with Crippen LogP contribution in [0.5, 0.6) is 5.75 Å². The van der Waals surface area contributed by atoms with E-state index in [9.17, 15) is 14.0 Å². The zero-order valence-corrected chi connectivity index (χ0v) is 16.0. The predicted octanol–water partition coefficient (Wildman–Crippen LogP) is 3.94. The third-order valence-electron chi connectivity index (χ3n) is 4.54. The minimum atomic E-state index is -0.673. The van der Waals surface area contributed by atoms with Crippen LogP contribution in [0.3, 0.4) is 0 Å². The van der Waals surface area contributed by atoms with Crippen molar-refractivity contribution in [2.75, 3.05) is 23.4 Å². The summed E-state index contributed by atoms with van der Waals surface area (Å²) >= 11 is 0. The molecule has 0 bridgehead atoms. The van der Waals surface area contributed by atoms with Gasteiger partial charge in [0.15, 0.2) is 0 Å². The number of anilines is 2. The van der Waals surface area contributed by atoms with Crippen molar-refractivity contribution in [3.05, 3.63) is 66.5 Å². The number of fused-ring (bicyclic) bond motifs is 1. The van der Waals surface area contributed by atoms with Crippen molar-refractivity contribution in [1.82, 2.24) is 0 Å².